The number of aryl methyl sites for hydroxylation is 1. The zero-order chi connectivity index (χ0) is 20.2. The van der Waals surface area contributed by atoms with Crippen molar-refractivity contribution in [2.24, 2.45) is 0 Å². The van der Waals surface area contributed by atoms with Crippen LogP contribution in [0.5, 0.6) is 5.75 Å². The van der Waals surface area contributed by atoms with E-state index in [1.165, 1.54) is 12.1 Å². The van der Waals surface area contributed by atoms with Crippen molar-refractivity contribution in [3.63, 3.8) is 0 Å². The van der Waals surface area contributed by atoms with Crippen molar-refractivity contribution in [3.05, 3.63) is 54.0 Å². The van der Waals surface area contributed by atoms with E-state index < -0.39 is 5.82 Å². The average Bonchev–Trinajstić information content (AvgIpc) is 3.24. The van der Waals surface area contributed by atoms with Crippen LogP contribution in [0.2, 0.25) is 0 Å². The Morgan fingerprint density at radius 2 is 2.03 bits per heavy atom. The maximum absolute atomic E-state index is 13.6. The largest absolute Gasteiger partial charge is 0.481 e. The third-order valence-corrected chi connectivity index (χ3v) is 4.84. The molecule has 0 saturated carbocycles. The highest BCUT2D eigenvalue weighted by Crippen LogP contribution is 2.27. The van der Waals surface area contributed by atoms with Crippen LogP contribution in [0.4, 0.5) is 4.39 Å². The van der Waals surface area contributed by atoms with Crippen molar-refractivity contribution in [2.45, 2.75) is 25.7 Å². The first-order chi connectivity index (χ1) is 14.1. The van der Waals surface area contributed by atoms with Crippen molar-refractivity contribution < 1.29 is 18.4 Å². The summed E-state index contributed by atoms with van der Waals surface area (Å²) in [5.74, 6) is 0.471. The van der Waals surface area contributed by atoms with Crippen LogP contribution in [0.1, 0.15) is 30.3 Å². The molecule has 0 radical (unpaired) electrons. The van der Waals surface area contributed by atoms with Crippen LogP contribution in [0.15, 0.2) is 41.2 Å². The first-order valence-corrected chi connectivity index (χ1v) is 9.38. The minimum Gasteiger partial charge on any atom is -0.481 e. The van der Waals surface area contributed by atoms with Crippen LogP contribution < -0.4 is 4.74 Å². The number of amides is 1. The molecule has 1 saturated heterocycles. The summed E-state index contributed by atoms with van der Waals surface area (Å²) in [6, 6.07) is 6.03. The maximum atomic E-state index is 13.6. The van der Waals surface area contributed by atoms with E-state index in [9.17, 15) is 9.18 Å². The molecule has 1 aliphatic rings. The van der Waals surface area contributed by atoms with E-state index in [-0.39, 0.29) is 24.2 Å². The number of likely N-dealkylation sites (tertiary alicyclic amines) is 1. The third-order valence-electron chi connectivity index (χ3n) is 4.84. The van der Waals surface area contributed by atoms with Gasteiger partial charge in [-0.2, -0.15) is 4.98 Å². The monoisotopic (exact) mass is 397 g/mol. The average molecular weight is 397 g/mol. The molecule has 9 heteroatoms. The standard InChI is InChI=1S/C20H20FN5O3/c1-13-10-23-16(11-22-13)20-24-19(25-29-20)14-6-8-26(9-7-14)18(27)12-28-17-5-3-2-4-15(17)21/h2-5,10-11,14H,6-9,12H2,1H3. The summed E-state index contributed by atoms with van der Waals surface area (Å²) in [7, 11) is 0. The number of ether oxygens (including phenoxy) is 1. The molecule has 0 spiro atoms. The van der Waals surface area contributed by atoms with Gasteiger partial charge in [0.15, 0.2) is 24.0 Å². The van der Waals surface area contributed by atoms with Crippen molar-refractivity contribution in [2.75, 3.05) is 19.7 Å². The molecule has 0 aliphatic carbocycles. The lowest BCUT2D eigenvalue weighted by atomic mass is 9.96. The molecule has 0 unspecified atom stereocenters. The fourth-order valence-electron chi connectivity index (χ4n) is 3.19. The summed E-state index contributed by atoms with van der Waals surface area (Å²) in [4.78, 5) is 26.9. The van der Waals surface area contributed by atoms with Crippen LogP contribution in [0, 0.1) is 12.7 Å². The van der Waals surface area contributed by atoms with Gasteiger partial charge in [-0.05, 0) is 31.9 Å². The number of piperidine rings is 1. The summed E-state index contributed by atoms with van der Waals surface area (Å²) in [6.45, 7) is 2.77. The van der Waals surface area contributed by atoms with E-state index in [1.54, 1.807) is 29.4 Å². The molecule has 2 aromatic heterocycles. The van der Waals surface area contributed by atoms with Gasteiger partial charge in [-0.15, -0.1) is 0 Å². The molecule has 1 fully saturated rings. The molecule has 8 nitrogen and oxygen atoms in total. The number of rotatable bonds is 5. The van der Waals surface area contributed by atoms with Gasteiger partial charge in [-0.1, -0.05) is 17.3 Å². The molecule has 1 aliphatic heterocycles. The van der Waals surface area contributed by atoms with E-state index in [0.29, 0.717) is 43.3 Å². The Hall–Kier alpha value is -3.36. The van der Waals surface area contributed by atoms with Gasteiger partial charge in [0.2, 0.25) is 0 Å². The molecular weight excluding hydrogens is 377 g/mol. The van der Waals surface area contributed by atoms with Crippen LogP contribution >= 0.6 is 0 Å². The van der Waals surface area contributed by atoms with Crippen LogP contribution in [-0.4, -0.2) is 50.6 Å². The van der Waals surface area contributed by atoms with Gasteiger partial charge in [0.1, 0.15) is 5.69 Å². The van der Waals surface area contributed by atoms with Gasteiger partial charge in [0.05, 0.1) is 11.9 Å². The van der Waals surface area contributed by atoms with Gasteiger partial charge >= 0.3 is 0 Å². The molecule has 0 N–H and O–H groups in total. The van der Waals surface area contributed by atoms with Crippen LogP contribution in [-0.2, 0) is 4.79 Å². The normalized spacial score (nSPS) is 14.8. The summed E-state index contributed by atoms with van der Waals surface area (Å²) < 4.78 is 24.2. The van der Waals surface area contributed by atoms with Crippen molar-refractivity contribution in [1.82, 2.24) is 25.0 Å². The molecule has 3 aromatic rings. The summed E-state index contributed by atoms with van der Waals surface area (Å²) in [5, 5.41) is 4.07. The molecule has 1 amide bonds. The molecular formula is C20H20FN5O3. The lowest BCUT2D eigenvalue weighted by Crippen LogP contribution is -2.40. The van der Waals surface area contributed by atoms with E-state index in [4.69, 9.17) is 9.26 Å². The lowest BCUT2D eigenvalue weighted by molar-refractivity contribution is -0.134. The van der Waals surface area contributed by atoms with E-state index in [2.05, 4.69) is 20.1 Å². The number of aromatic nitrogens is 4. The Morgan fingerprint density at radius 1 is 1.24 bits per heavy atom. The van der Waals surface area contributed by atoms with Gasteiger partial charge in [0, 0.05) is 25.2 Å². The third kappa shape index (κ3) is 4.39. The fraction of sp³-hybridized carbons (Fsp3) is 0.350. The highest BCUT2D eigenvalue weighted by atomic mass is 19.1. The Balaban J connectivity index is 1.31. The Bertz CT molecular complexity index is 984. The highest BCUT2D eigenvalue weighted by molar-refractivity contribution is 5.77. The molecule has 29 heavy (non-hydrogen) atoms. The quantitative estimate of drug-likeness (QED) is 0.653. The van der Waals surface area contributed by atoms with E-state index in [0.717, 1.165) is 5.69 Å². The minimum absolute atomic E-state index is 0.0780. The van der Waals surface area contributed by atoms with Gasteiger partial charge in [-0.3, -0.25) is 9.78 Å². The fourth-order valence-corrected chi connectivity index (χ4v) is 3.19. The first kappa shape index (κ1) is 19.0. The molecule has 4 rings (SSSR count). The maximum Gasteiger partial charge on any atom is 0.278 e. The Morgan fingerprint density at radius 3 is 2.76 bits per heavy atom. The van der Waals surface area contributed by atoms with Crippen molar-refractivity contribution >= 4 is 5.91 Å². The van der Waals surface area contributed by atoms with E-state index >= 15 is 0 Å². The van der Waals surface area contributed by atoms with Crippen molar-refractivity contribution in [3.8, 4) is 17.3 Å². The van der Waals surface area contributed by atoms with E-state index in [1.807, 2.05) is 6.92 Å². The number of carbonyl (C=O) groups excluding carboxylic acids is 1. The first-order valence-electron chi connectivity index (χ1n) is 9.38. The second kappa shape index (κ2) is 8.34. The zero-order valence-electron chi connectivity index (χ0n) is 15.9. The SMILES string of the molecule is Cc1cnc(-c2nc(C3CCN(C(=O)COc4ccccc4F)CC3)no2)cn1. The van der Waals surface area contributed by atoms with Gasteiger partial charge in [-0.25, -0.2) is 9.37 Å². The molecule has 3 heterocycles. The Kier molecular flexibility index (Phi) is 5.46. The molecule has 0 bridgehead atoms. The number of carbonyl (C=O) groups is 1. The number of hydrogen-bond donors (Lipinski definition) is 0. The topological polar surface area (TPSA) is 94.2 Å². The summed E-state index contributed by atoms with van der Waals surface area (Å²) in [6.07, 6.45) is 4.67. The Labute approximate surface area is 166 Å². The smallest absolute Gasteiger partial charge is 0.278 e. The minimum atomic E-state index is -0.481. The van der Waals surface area contributed by atoms with Gasteiger partial charge < -0.3 is 14.2 Å². The molecule has 150 valence electrons. The number of benzene rings is 1. The molecule has 1 aromatic carbocycles. The number of hydrogen-bond acceptors (Lipinski definition) is 7. The van der Waals surface area contributed by atoms with Crippen LogP contribution in [0.3, 0.4) is 0 Å². The van der Waals surface area contributed by atoms with Crippen molar-refractivity contribution in [1.29, 1.82) is 0 Å². The summed E-state index contributed by atoms with van der Waals surface area (Å²) in [5.41, 5.74) is 1.34. The van der Waals surface area contributed by atoms with Crippen LogP contribution in [0.25, 0.3) is 11.6 Å². The second-order valence-electron chi connectivity index (χ2n) is 6.87. The molecule has 0 atom stereocenters. The predicted octanol–water partition coefficient (Wildman–Crippen LogP) is 2.76. The number of halogens is 1. The zero-order valence-corrected chi connectivity index (χ0v) is 15.9. The van der Waals surface area contributed by atoms with Gasteiger partial charge in [0.25, 0.3) is 11.8 Å². The number of nitrogens with zero attached hydrogens (tertiary/aromatic N) is 5. The second-order valence-corrected chi connectivity index (χ2v) is 6.87. The lowest BCUT2D eigenvalue weighted by Gasteiger charge is -2.30. The predicted molar refractivity (Wildman–Crippen MR) is 101 cm³/mol. The highest BCUT2D eigenvalue weighted by Gasteiger charge is 2.27. The number of para-hydroxylation sites is 1. The summed E-state index contributed by atoms with van der Waals surface area (Å²) >= 11 is 0.